The van der Waals surface area contributed by atoms with Crippen molar-refractivity contribution in [1.82, 2.24) is 4.57 Å². The van der Waals surface area contributed by atoms with Crippen LogP contribution in [0.3, 0.4) is 0 Å². The molecular weight excluding hydrogens is 554 g/mol. The highest BCUT2D eigenvalue weighted by Gasteiger charge is 2.20. The van der Waals surface area contributed by atoms with Crippen molar-refractivity contribution in [3.8, 4) is 0 Å². The van der Waals surface area contributed by atoms with E-state index in [-0.39, 0.29) is 11.4 Å². The lowest BCUT2D eigenvalue weighted by molar-refractivity contribution is -0.642. The molecule has 0 N–H and O–H groups in total. The summed E-state index contributed by atoms with van der Waals surface area (Å²) in [7, 11) is 0.0507. The molecule has 4 aromatic rings. The van der Waals surface area contributed by atoms with Gasteiger partial charge in [0.1, 0.15) is 22.2 Å². The van der Waals surface area contributed by atoms with Crippen molar-refractivity contribution in [1.29, 1.82) is 0 Å². The predicted molar refractivity (Wildman–Crippen MR) is 149 cm³/mol. The third-order valence-electron chi connectivity index (χ3n) is 5.48. The van der Waals surface area contributed by atoms with Crippen LogP contribution in [0.2, 0.25) is 0 Å². The van der Waals surface area contributed by atoms with E-state index >= 15 is 0 Å². The second-order valence-electron chi connectivity index (χ2n) is 8.11. The molecule has 0 bridgehead atoms. The largest absolute Gasteiger partial charge is 0.748 e. The normalized spacial score (nSPS) is 15.4. The number of anilines is 1. The fourth-order valence-electron chi connectivity index (χ4n) is 3.74. The first-order valence-corrected chi connectivity index (χ1v) is 15.4. The van der Waals surface area contributed by atoms with Crippen LogP contribution in [0.1, 0.15) is 11.9 Å². The molecule has 0 spiro atoms. The molecule has 7 nitrogen and oxygen atoms in total. The monoisotopic (exact) mass is 577 g/mol. The van der Waals surface area contributed by atoms with Crippen molar-refractivity contribution >= 4 is 72.6 Å². The summed E-state index contributed by atoms with van der Waals surface area (Å²) >= 11 is 4.78. The molecule has 2 aromatic heterocycles. The molecule has 2 aromatic carbocycles. The van der Waals surface area contributed by atoms with Gasteiger partial charge in [-0.1, -0.05) is 35.2 Å². The second-order valence-corrected chi connectivity index (χ2v) is 12.7. The molecule has 0 aliphatic carbocycles. The van der Waals surface area contributed by atoms with Crippen molar-refractivity contribution in [3.05, 3.63) is 83.9 Å². The summed E-state index contributed by atoms with van der Waals surface area (Å²) in [6, 6.07) is 13.1. The minimum absolute atomic E-state index is 0.0126. The molecule has 194 valence electrons. The van der Waals surface area contributed by atoms with Crippen molar-refractivity contribution < 1.29 is 21.9 Å². The molecule has 1 aliphatic rings. The number of para-hydroxylation sites is 1. The fourth-order valence-corrected chi connectivity index (χ4v) is 6.99. The number of thiazole rings is 2. The number of halogens is 1. The fraction of sp³-hybridized carbons (Fsp3) is 0.200. The number of nitrogens with zero attached hydrogens (tertiary/aromatic N) is 3. The molecule has 0 radical (unpaired) electrons. The Bertz CT molecular complexity index is 1800. The lowest BCUT2D eigenvalue weighted by atomic mass is 10.3. The lowest BCUT2D eigenvalue weighted by Gasteiger charge is -2.12. The molecule has 0 atom stereocenters. The van der Waals surface area contributed by atoms with E-state index in [0.717, 1.165) is 24.9 Å². The van der Waals surface area contributed by atoms with E-state index in [1.54, 1.807) is 39.8 Å². The van der Waals surface area contributed by atoms with Crippen LogP contribution in [0.15, 0.2) is 63.3 Å². The van der Waals surface area contributed by atoms with Crippen molar-refractivity contribution in [2.45, 2.75) is 18.4 Å². The average molecular weight is 578 g/mol. The number of hydrogen-bond donors (Lipinski definition) is 0. The van der Waals surface area contributed by atoms with Crippen molar-refractivity contribution in [2.24, 2.45) is 7.05 Å². The smallest absolute Gasteiger partial charge is 0.269 e. The third kappa shape index (κ3) is 6.21. The van der Waals surface area contributed by atoms with Crippen LogP contribution in [0.4, 0.5) is 10.1 Å². The molecular formula is C25H24FN3O4S4. The van der Waals surface area contributed by atoms with Gasteiger partial charge in [-0.25, -0.2) is 12.8 Å². The van der Waals surface area contributed by atoms with Gasteiger partial charge >= 0.3 is 0 Å². The van der Waals surface area contributed by atoms with Crippen LogP contribution in [-0.2, 0) is 23.7 Å². The Morgan fingerprint density at radius 1 is 1.14 bits per heavy atom. The van der Waals surface area contributed by atoms with Crippen molar-refractivity contribution in [3.63, 3.8) is 0 Å². The van der Waals surface area contributed by atoms with Crippen LogP contribution < -0.4 is 24.2 Å². The molecule has 37 heavy (non-hydrogen) atoms. The van der Waals surface area contributed by atoms with E-state index in [1.807, 2.05) is 55.9 Å². The predicted octanol–water partition coefficient (Wildman–Crippen LogP) is 2.96. The van der Waals surface area contributed by atoms with E-state index in [4.69, 9.17) is 13.0 Å². The zero-order chi connectivity index (χ0) is 26.9. The summed E-state index contributed by atoms with van der Waals surface area (Å²) in [6.45, 7) is 2.57. The maximum atomic E-state index is 13.7. The summed E-state index contributed by atoms with van der Waals surface area (Å²) in [5.74, 6) is -0.249. The van der Waals surface area contributed by atoms with Gasteiger partial charge in [0.25, 0.3) is 10.6 Å². The zero-order valence-corrected chi connectivity index (χ0v) is 23.7. The number of benzene rings is 2. The molecule has 5 rings (SSSR count). The lowest BCUT2D eigenvalue weighted by Crippen LogP contribution is -2.32. The number of hydrogen-bond acceptors (Lipinski definition) is 8. The zero-order valence-electron chi connectivity index (χ0n) is 20.5. The quantitative estimate of drug-likeness (QED) is 0.275. The number of fused-ring (bicyclic) bond motifs is 2. The first kappa shape index (κ1) is 27.3. The Labute approximate surface area is 225 Å². The minimum Gasteiger partial charge on any atom is -0.748 e. The standard InChI is InChI=1S/C24H21FN3OS3.CH4O3S/c1-4-28-23(14-22-27(3)17-13-15(25)9-10-19(17)31-22)32-20(24(28)29)11-12-21-26(2)16-7-5-6-8-18(16)30-21;1-5(2,3)4/h5-14H,4H2,1-3H3;1H3,(H,2,3,4)/q+1;/p-1. The first-order valence-electron chi connectivity index (χ1n) is 11.1. The number of rotatable bonds is 3. The van der Waals surface area contributed by atoms with E-state index in [0.29, 0.717) is 17.3 Å². The molecule has 0 saturated heterocycles. The minimum atomic E-state index is -3.92. The maximum Gasteiger partial charge on any atom is 0.269 e. The van der Waals surface area contributed by atoms with Gasteiger partial charge in [0.05, 0.1) is 31.4 Å². The van der Waals surface area contributed by atoms with Crippen molar-refractivity contribution in [2.75, 3.05) is 18.2 Å². The third-order valence-corrected chi connectivity index (χ3v) is 8.90. The highest BCUT2D eigenvalue weighted by Crippen LogP contribution is 2.44. The van der Waals surface area contributed by atoms with Gasteiger partial charge in [0.15, 0.2) is 0 Å². The van der Waals surface area contributed by atoms with Crippen LogP contribution in [-0.4, -0.2) is 30.8 Å². The van der Waals surface area contributed by atoms with Gasteiger partial charge < -0.3 is 9.45 Å². The SMILES string of the molecule is CCn1c(=Cc2sc3ccc(F)cc3[n+]2C)sc(=CC=C2Sc3ccccc3N2C)c1=O.CS(=O)(=O)[O-]. The van der Waals surface area contributed by atoms with Gasteiger partial charge in [0.2, 0.25) is 5.52 Å². The van der Waals surface area contributed by atoms with Crippen LogP contribution in [0.25, 0.3) is 22.4 Å². The Morgan fingerprint density at radius 2 is 1.84 bits per heavy atom. The van der Waals surface area contributed by atoms with Gasteiger partial charge in [-0.2, -0.15) is 4.57 Å². The van der Waals surface area contributed by atoms with Crippen LogP contribution in [0, 0.1) is 5.82 Å². The molecule has 3 heterocycles. The highest BCUT2D eigenvalue weighted by molar-refractivity contribution is 8.03. The summed E-state index contributed by atoms with van der Waals surface area (Å²) in [6.07, 6.45) is 6.56. The van der Waals surface area contributed by atoms with Crippen LogP contribution in [0.5, 0.6) is 0 Å². The Hall–Kier alpha value is -2.77. The summed E-state index contributed by atoms with van der Waals surface area (Å²) in [5, 5.41) is 2.06. The molecule has 0 fully saturated rings. The molecule has 0 saturated carbocycles. The second kappa shape index (κ2) is 10.9. The van der Waals surface area contributed by atoms with E-state index in [2.05, 4.69) is 17.0 Å². The number of thioether (sulfide) groups is 1. The number of allylic oxidation sites excluding steroid dienone is 1. The number of aryl methyl sites for hydroxylation is 1. The average Bonchev–Trinajstić information content (AvgIpc) is 3.43. The summed E-state index contributed by atoms with van der Waals surface area (Å²) in [5.41, 5.74) is 2.04. The molecule has 0 amide bonds. The Balaban J connectivity index is 0.000000586. The Kier molecular flexibility index (Phi) is 8.05. The van der Waals surface area contributed by atoms with E-state index in [9.17, 15) is 9.18 Å². The van der Waals surface area contributed by atoms with Gasteiger partial charge in [-0.3, -0.25) is 9.36 Å². The maximum absolute atomic E-state index is 13.7. The van der Waals surface area contributed by atoms with E-state index < -0.39 is 10.1 Å². The molecule has 12 heteroatoms. The van der Waals surface area contributed by atoms with Gasteiger partial charge in [-0.15, -0.1) is 11.3 Å². The number of aromatic nitrogens is 2. The van der Waals surface area contributed by atoms with Gasteiger partial charge in [-0.05, 0) is 43.3 Å². The van der Waals surface area contributed by atoms with Gasteiger partial charge in [0, 0.05) is 30.8 Å². The highest BCUT2D eigenvalue weighted by atomic mass is 32.2. The first-order chi connectivity index (χ1) is 17.5. The van der Waals surface area contributed by atoms with Crippen LogP contribution >= 0.6 is 34.4 Å². The summed E-state index contributed by atoms with van der Waals surface area (Å²) < 4.78 is 47.3. The molecule has 1 aliphatic heterocycles. The summed E-state index contributed by atoms with van der Waals surface area (Å²) in [4.78, 5) is 16.4. The Morgan fingerprint density at radius 3 is 2.51 bits per heavy atom. The topological polar surface area (TPSA) is 86.3 Å². The van der Waals surface area contributed by atoms with E-state index in [1.165, 1.54) is 28.0 Å². The molecule has 0 unspecified atom stereocenters.